The molecule has 0 unspecified atom stereocenters. The van der Waals surface area contributed by atoms with Gasteiger partial charge in [0.1, 0.15) is 5.84 Å². The van der Waals surface area contributed by atoms with E-state index in [1.807, 2.05) is 36.4 Å². The van der Waals surface area contributed by atoms with Crippen LogP contribution in [0.2, 0.25) is 0 Å². The Morgan fingerprint density at radius 3 is 2.62 bits per heavy atom. The van der Waals surface area contributed by atoms with E-state index in [0.29, 0.717) is 24.1 Å². The predicted molar refractivity (Wildman–Crippen MR) is 113 cm³/mol. The van der Waals surface area contributed by atoms with Gasteiger partial charge >= 0.3 is 0 Å². The number of nitrogens with two attached hydrogens (primary N) is 1. The molecule has 0 spiro atoms. The smallest absolute Gasteiger partial charge is 0.251 e. The molecule has 1 amide bonds. The monoisotopic (exact) mass is 384 g/mol. The van der Waals surface area contributed by atoms with Crippen molar-refractivity contribution in [3.05, 3.63) is 83.8 Å². The fourth-order valence-electron chi connectivity index (χ4n) is 3.24. The van der Waals surface area contributed by atoms with Crippen molar-refractivity contribution in [2.45, 2.75) is 6.42 Å². The van der Waals surface area contributed by atoms with Crippen molar-refractivity contribution in [2.75, 3.05) is 6.54 Å². The summed E-state index contributed by atoms with van der Waals surface area (Å²) in [7, 11) is 0. The number of nitrogen functional groups attached to an aromatic ring is 1. The highest BCUT2D eigenvalue weighted by Crippen LogP contribution is 2.20. The van der Waals surface area contributed by atoms with Crippen molar-refractivity contribution in [3.63, 3.8) is 0 Å². The molecule has 0 saturated carbocycles. The van der Waals surface area contributed by atoms with Crippen LogP contribution in [-0.2, 0) is 6.42 Å². The van der Waals surface area contributed by atoms with Crippen LogP contribution in [0.3, 0.4) is 0 Å². The van der Waals surface area contributed by atoms with E-state index in [-0.39, 0.29) is 11.7 Å². The first-order valence-electron chi connectivity index (χ1n) is 9.21. The van der Waals surface area contributed by atoms with Crippen molar-refractivity contribution < 1.29 is 4.79 Å². The summed E-state index contributed by atoms with van der Waals surface area (Å²) in [6.07, 6.45) is 5.75. The minimum absolute atomic E-state index is 0.0349. The number of carbonyl (C=O) groups is 1. The highest BCUT2D eigenvalue weighted by Gasteiger charge is 2.08. The van der Waals surface area contributed by atoms with Gasteiger partial charge in [0, 0.05) is 40.3 Å². The van der Waals surface area contributed by atoms with E-state index in [9.17, 15) is 4.79 Å². The summed E-state index contributed by atoms with van der Waals surface area (Å²) in [6, 6.07) is 15.3. The van der Waals surface area contributed by atoms with Gasteiger partial charge in [-0.2, -0.15) is 10.2 Å². The van der Waals surface area contributed by atoms with Gasteiger partial charge in [-0.25, -0.2) is 0 Å². The van der Waals surface area contributed by atoms with Crippen molar-refractivity contribution >= 4 is 22.6 Å². The Hall–Kier alpha value is -4.00. The number of carbonyl (C=O) groups excluding carboxylic acids is 1. The number of aromatic nitrogens is 3. The van der Waals surface area contributed by atoms with E-state index in [4.69, 9.17) is 11.1 Å². The van der Waals surface area contributed by atoms with Gasteiger partial charge in [0.15, 0.2) is 0 Å². The first kappa shape index (κ1) is 18.4. The van der Waals surface area contributed by atoms with Crippen LogP contribution in [0, 0.1) is 5.41 Å². The minimum atomic E-state index is -0.114. The molecule has 4 rings (SSSR count). The molecule has 0 radical (unpaired) electrons. The first-order chi connectivity index (χ1) is 14.1. The molecular formula is C22H20N6O. The lowest BCUT2D eigenvalue weighted by Gasteiger charge is -2.07. The van der Waals surface area contributed by atoms with Crippen molar-refractivity contribution in [3.8, 4) is 11.1 Å². The van der Waals surface area contributed by atoms with Gasteiger partial charge in [-0.1, -0.05) is 18.2 Å². The summed E-state index contributed by atoms with van der Waals surface area (Å²) in [6.45, 7) is 0.514. The number of rotatable bonds is 6. The Labute approximate surface area is 167 Å². The lowest BCUT2D eigenvalue weighted by Crippen LogP contribution is -2.25. The minimum Gasteiger partial charge on any atom is -0.384 e. The molecule has 0 aliphatic heterocycles. The third-order valence-electron chi connectivity index (χ3n) is 4.80. The standard InChI is InChI=1S/C22H20N6O/c23-21(24)19-13-26-20-6-1-14(11-18(19)20)7-9-25-22(29)16-4-2-15(3-5-16)17-8-10-27-28-12-17/h1-6,8,10-13,26H,7,9H2,(H3,23,24)(H,25,29). The number of benzene rings is 2. The van der Waals surface area contributed by atoms with Crippen molar-refractivity contribution in [1.82, 2.24) is 20.5 Å². The molecule has 2 heterocycles. The molecule has 7 nitrogen and oxygen atoms in total. The molecule has 144 valence electrons. The SMILES string of the molecule is N=C(N)c1c[nH]c2ccc(CCNC(=O)c3ccc(-c4ccnnc4)cc3)cc12. The number of fused-ring (bicyclic) bond motifs is 1. The molecule has 4 aromatic rings. The molecule has 2 aromatic carbocycles. The normalized spacial score (nSPS) is 10.8. The fourth-order valence-corrected chi connectivity index (χ4v) is 3.24. The molecule has 2 aromatic heterocycles. The second kappa shape index (κ2) is 7.93. The quantitative estimate of drug-likeness (QED) is 0.302. The van der Waals surface area contributed by atoms with Crippen molar-refractivity contribution in [2.24, 2.45) is 5.73 Å². The molecule has 7 heteroatoms. The van der Waals surface area contributed by atoms with Gasteiger partial charge in [-0.3, -0.25) is 10.2 Å². The number of amidine groups is 1. The van der Waals surface area contributed by atoms with Crippen LogP contribution in [0.4, 0.5) is 0 Å². The Morgan fingerprint density at radius 2 is 1.90 bits per heavy atom. The largest absolute Gasteiger partial charge is 0.384 e. The van der Waals surface area contributed by atoms with Gasteiger partial charge in [0.05, 0.1) is 12.4 Å². The van der Waals surface area contributed by atoms with Crippen LogP contribution in [0.15, 0.2) is 67.1 Å². The maximum atomic E-state index is 12.4. The molecule has 5 N–H and O–H groups in total. The Balaban J connectivity index is 1.38. The van der Waals surface area contributed by atoms with Gasteiger partial charge in [-0.05, 0) is 47.9 Å². The number of nitrogens with one attached hydrogen (secondary N) is 3. The topological polar surface area (TPSA) is 121 Å². The maximum Gasteiger partial charge on any atom is 0.251 e. The van der Waals surface area contributed by atoms with Gasteiger partial charge in [0.2, 0.25) is 0 Å². The third-order valence-corrected chi connectivity index (χ3v) is 4.80. The van der Waals surface area contributed by atoms with Gasteiger partial charge in [-0.15, -0.1) is 0 Å². The summed E-state index contributed by atoms with van der Waals surface area (Å²) < 4.78 is 0. The van der Waals surface area contributed by atoms with E-state index in [1.165, 1.54) is 0 Å². The lowest BCUT2D eigenvalue weighted by atomic mass is 10.1. The molecule has 0 bridgehead atoms. The first-order valence-corrected chi connectivity index (χ1v) is 9.21. The summed E-state index contributed by atoms with van der Waals surface area (Å²) in [5.74, 6) is -0.0794. The third kappa shape index (κ3) is 3.98. The average molecular weight is 384 g/mol. The lowest BCUT2D eigenvalue weighted by molar-refractivity contribution is 0.0954. The zero-order chi connectivity index (χ0) is 20.2. The number of aromatic amines is 1. The Morgan fingerprint density at radius 1 is 1.07 bits per heavy atom. The van der Waals surface area contributed by atoms with Crippen LogP contribution in [0.5, 0.6) is 0 Å². The number of nitrogens with zero attached hydrogens (tertiary/aromatic N) is 2. The van der Waals surface area contributed by atoms with E-state index >= 15 is 0 Å². The number of amides is 1. The zero-order valence-corrected chi connectivity index (χ0v) is 15.6. The second-order valence-corrected chi connectivity index (χ2v) is 6.71. The van der Waals surface area contributed by atoms with Crippen LogP contribution >= 0.6 is 0 Å². The fraction of sp³-hybridized carbons (Fsp3) is 0.0909. The van der Waals surface area contributed by atoms with E-state index in [2.05, 4.69) is 20.5 Å². The maximum absolute atomic E-state index is 12.4. The average Bonchev–Trinajstić information content (AvgIpc) is 3.18. The summed E-state index contributed by atoms with van der Waals surface area (Å²) >= 11 is 0. The molecule has 0 saturated heterocycles. The van der Waals surface area contributed by atoms with Crippen LogP contribution < -0.4 is 11.1 Å². The van der Waals surface area contributed by atoms with Gasteiger partial charge < -0.3 is 16.0 Å². The molecule has 0 fully saturated rings. The predicted octanol–water partition coefficient (Wildman–Crippen LogP) is 2.88. The van der Waals surface area contributed by atoms with Crippen LogP contribution in [-0.4, -0.2) is 33.5 Å². The van der Waals surface area contributed by atoms with Crippen molar-refractivity contribution in [1.29, 1.82) is 5.41 Å². The number of hydrogen-bond acceptors (Lipinski definition) is 4. The van der Waals surface area contributed by atoms with E-state index in [1.54, 1.807) is 30.7 Å². The van der Waals surface area contributed by atoms with Crippen LogP contribution in [0.25, 0.3) is 22.0 Å². The summed E-state index contributed by atoms with van der Waals surface area (Å²) in [5, 5.41) is 19.2. The summed E-state index contributed by atoms with van der Waals surface area (Å²) in [5.41, 5.74) is 10.9. The number of H-pyrrole nitrogens is 1. The number of hydrogen-bond donors (Lipinski definition) is 4. The highest BCUT2D eigenvalue weighted by atomic mass is 16.1. The molecule has 0 aliphatic rings. The van der Waals surface area contributed by atoms with E-state index in [0.717, 1.165) is 27.6 Å². The second-order valence-electron chi connectivity index (χ2n) is 6.71. The van der Waals surface area contributed by atoms with Crippen LogP contribution in [0.1, 0.15) is 21.5 Å². The Kier molecular flexibility index (Phi) is 5.03. The van der Waals surface area contributed by atoms with Gasteiger partial charge in [0.25, 0.3) is 5.91 Å². The highest BCUT2D eigenvalue weighted by molar-refractivity contribution is 6.07. The molecule has 29 heavy (non-hydrogen) atoms. The molecule has 0 atom stereocenters. The van der Waals surface area contributed by atoms with E-state index < -0.39 is 0 Å². The Bertz CT molecular complexity index is 1170. The molecule has 0 aliphatic carbocycles. The summed E-state index contributed by atoms with van der Waals surface area (Å²) in [4.78, 5) is 15.5. The zero-order valence-electron chi connectivity index (χ0n) is 15.6. The molecular weight excluding hydrogens is 364 g/mol.